The number of aromatic amines is 1. The van der Waals surface area contributed by atoms with Crippen molar-refractivity contribution in [1.29, 1.82) is 0 Å². The molecule has 2 heterocycles. The fourth-order valence-electron chi connectivity index (χ4n) is 2.30. The van der Waals surface area contributed by atoms with Gasteiger partial charge in [-0.25, -0.2) is 4.98 Å². The lowest BCUT2D eigenvalue weighted by molar-refractivity contribution is 0.102. The smallest absolute Gasteiger partial charge is 0.262 e. The van der Waals surface area contributed by atoms with Crippen molar-refractivity contribution in [3.8, 4) is 0 Å². The predicted molar refractivity (Wildman–Crippen MR) is 71.3 cm³/mol. The highest BCUT2D eigenvalue weighted by Crippen LogP contribution is 2.19. The molecular formula is C14H13N3O2. The van der Waals surface area contributed by atoms with Gasteiger partial charge in [0, 0.05) is 11.9 Å². The number of nitrogens with one attached hydrogen (secondary N) is 2. The van der Waals surface area contributed by atoms with E-state index in [2.05, 4.69) is 15.3 Å². The molecule has 2 aromatic heterocycles. The fraction of sp³-hybridized carbons (Fsp3) is 0.214. The topological polar surface area (TPSA) is 74.8 Å². The molecule has 0 aromatic carbocycles. The molecule has 0 saturated carbocycles. The largest absolute Gasteiger partial charge is 0.325 e. The Labute approximate surface area is 109 Å². The van der Waals surface area contributed by atoms with E-state index in [1.165, 1.54) is 0 Å². The van der Waals surface area contributed by atoms with Gasteiger partial charge in [-0.3, -0.25) is 9.59 Å². The van der Waals surface area contributed by atoms with E-state index in [1.54, 1.807) is 30.5 Å². The SMILES string of the molecule is O=C(Nc1ccccn1)c1cc2c([nH]c1=O)CCC2. The molecule has 1 aliphatic carbocycles. The number of carbonyl (C=O) groups excluding carboxylic acids is 1. The Bertz CT molecular complexity index is 677. The average molecular weight is 255 g/mol. The first-order valence-corrected chi connectivity index (χ1v) is 6.21. The summed E-state index contributed by atoms with van der Waals surface area (Å²) >= 11 is 0. The summed E-state index contributed by atoms with van der Waals surface area (Å²) < 4.78 is 0. The van der Waals surface area contributed by atoms with Crippen LogP contribution >= 0.6 is 0 Å². The molecule has 2 N–H and O–H groups in total. The minimum atomic E-state index is -0.422. The van der Waals surface area contributed by atoms with E-state index in [0.29, 0.717) is 5.82 Å². The molecule has 1 amide bonds. The summed E-state index contributed by atoms with van der Waals surface area (Å²) in [6, 6.07) is 6.91. The highest BCUT2D eigenvalue weighted by Gasteiger charge is 2.18. The second kappa shape index (κ2) is 4.68. The van der Waals surface area contributed by atoms with E-state index in [1.807, 2.05) is 0 Å². The Balaban J connectivity index is 1.90. The molecule has 2 aromatic rings. The first-order valence-electron chi connectivity index (χ1n) is 6.21. The number of nitrogens with zero attached hydrogens (tertiary/aromatic N) is 1. The first kappa shape index (κ1) is 11.6. The summed E-state index contributed by atoms with van der Waals surface area (Å²) in [4.78, 5) is 30.7. The molecular weight excluding hydrogens is 242 g/mol. The molecule has 96 valence electrons. The predicted octanol–water partition coefficient (Wildman–Crippen LogP) is 1.51. The standard InChI is InChI=1S/C14H13N3O2/c18-13-10(8-9-4-3-5-11(9)16-13)14(19)17-12-6-1-2-7-15-12/h1-2,6-8H,3-5H2,(H,16,18)(H,15,17,19). The molecule has 0 unspecified atom stereocenters. The van der Waals surface area contributed by atoms with Gasteiger partial charge in [0.25, 0.3) is 11.5 Å². The van der Waals surface area contributed by atoms with Crippen LogP contribution in [0.15, 0.2) is 35.3 Å². The van der Waals surface area contributed by atoms with Crippen molar-refractivity contribution in [3.05, 3.63) is 57.6 Å². The van der Waals surface area contributed by atoms with Gasteiger partial charge < -0.3 is 10.3 Å². The van der Waals surface area contributed by atoms with Crippen molar-refractivity contribution in [3.63, 3.8) is 0 Å². The van der Waals surface area contributed by atoms with Crippen molar-refractivity contribution < 1.29 is 4.79 Å². The lowest BCUT2D eigenvalue weighted by Crippen LogP contribution is -2.24. The highest BCUT2D eigenvalue weighted by molar-refractivity contribution is 6.03. The maximum absolute atomic E-state index is 12.1. The molecule has 0 bridgehead atoms. The molecule has 3 rings (SSSR count). The van der Waals surface area contributed by atoms with Gasteiger partial charge in [0.1, 0.15) is 11.4 Å². The van der Waals surface area contributed by atoms with Crippen LogP contribution in [-0.4, -0.2) is 15.9 Å². The van der Waals surface area contributed by atoms with E-state index in [0.717, 1.165) is 30.5 Å². The number of hydrogen-bond donors (Lipinski definition) is 2. The average Bonchev–Trinajstić information content (AvgIpc) is 2.86. The summed E-state index contributed by atoms with van der Waals surface area (Å²) in [6.45, 7) is 0. The van der Waals surface area contributed by atoms with E-state index in [-0.39, 0.29) is 11.1 Å². The number of rotatable bonds is 2. The fourth-order valence-corrected chi connectivity index (χ4v) is 2.30. The van der Waals surface area contributed by atoms with E-state index >= 15 is 0 Å². The zero-order valence-electron chi connectivity index (χ0n) is 10.3. The van der Waals surface area contributed by atoms with Crippen molar-refractivity contribution >= 4 is 11.7 Å². The molecule has 5 heteroatoms. The lowest BCUT2D eigenvalue weighted by atomic mass is 10.1. The van der Waals surface area contributed by atoms with Gasteiger partial charge in [-0.05, 0) is 43.0 Å². The van der Waals surface area contributed by atoms with Crippen molar-refractivity contribution in [2.45, 2.75) is 19.3 Å². The summed E-state index contributed by atoms with van der Waals surface area (Å²) in [5.41, 5.74) is 1.82. The number of anilines is 1. The molecule has 0 radical (unpaired) electrons. The van der Waals surface area contributed by atoms with E-state index in [9.17, 15) is 9.59 Å². The van der Waals surface area contributed by atoms with Crippen molar-refractivity contribution in [2.24, 2.45) is 0 Å². The normalized spacial score (nSPS) is 13.1. The van der Waals surface area contributed by atoms with Gasteiger partial charge in [0.05, 0.1) is 0 Å². The van der Waals surface area contributed by atoms with Crippen LogP contribution in [0.4, 0.5) is 5.82 Å². The molecule has 0 saturated heterocycles. The van der Waals surface area contributed by atoms with Gasteiger partial charge in [-0.2, -0.15) is 0 Å². The monoisotopic (exact) mass is 255 g/mol. The maximum atomic E-state index is 12.1. The lowest BCUT2D eigenvalue weighted by Gasteiger charge is -2.05. The molecule has 0 aliphatic heterocycles. The summed E-state index contributed by atoms with van der Waals surface area (Å²) in [5, 5.41) is 2.62. The van der Waals surface area contributed by atoms with Crippen molar-refractivity contribution in [1.82, 2.24) is 9.97 Å². The van der Waals surface area contributed by atoms with Gasteiger partial charge in [-0.1, -0.05) is 6.07 Å². The molecule has 0 fully saturated rings. The van der Waals surface area contributed by atoms with Gasteiger partial charge in [0.2, 0.25) is 0 Å². The first-order chi connectivity index (χ1) is 9.24. The van der Waals surface area contributed by atoms with Crippen molar-refractivity contribution in [2.75, 3.05) is 5.32 Å². The molecule has 5 nitrogen and oxygen atoms in total. The third-order valence-electron chi connectivity index (χ3n) is 3.24. The number of pyridine rings is 2. The van der Waals surface area contributed by atoms with Crippen LogP contribution in [0.2, 0.25) is 0 Å². The third kappa shape index (κ3) is 2.27. The number of aryl methyl sites for hydroxylation is 2. The third-order valence-corrected chi connectivity index (χ3v) is 3.24. The number of H-pyrrole nitrogens is 1. The zero-order valence-corrected chi connectivity index (χ0v) is 10.3. The minimum absolute atomic E-state index is 0.145. The highest BCUT2D eigenvalue weighted by atomic mass is 16.2. The van der Waals surface area contributed by atoms with Gasteiger partial charge >= 0.3 is 0 Å². The number of carbonyl (C=O) groups is 1. The van der Waals surface area contributed by atoms with E-state index in [4.69, 9.17) is 0 Å². The number of fused-ring (bicyclic) bond motifs is 1. The van der Waals surface area contributed by atoms with Crippen LogP contribution < -0.4 is 10.9 Å². The Kier molecular flexibility index (Phi) is 2.87. The molecule has 0 atom stereocenters. The van der Waals surface area contributed by atoms with Gasteiger partial charge in [-0.15, -0.1) is 0 Å². The van der Waals surface area contributed by atoms with E-state index < -0.39 is 5.91 Å². The van der Waals surface area contributed by atoms with Gasteiger partial charge in [0.15, 0.2) is 0 Å². The summed E-state index contributed by atoms with van der Waals surface area (Å²) in [6.07, 6.45) is 4.40. The van der Waals surface area contributed by atoms with Crippen LogP contribution in [0.1, 0.15) is 28.0 Å². The number of amides is 1. The number of aromatic nitrogens is 2. The zero-order chi connectivity index (χ0) is 13.2. The van der Waals surface area contributed by atoms with Crippen LogP contribution in [-0.2, 0) is 12.8 Å². The Morgan fingerprint density at radius 3 is 3.00 bits per heavy atom. The second-order valence-corrected chi connectivity index (χ2v) is 4.54. The molecule has 0 spiro atoms. The van der Waals surface area contributed by atoms with Crippen LogP contribution in [0.5, 0.6) is 0 Å². The molecule has 19 heavy (non-hydrogen) atoms. The molecule has 1 aliphatic rings. The second-order valence-electron chi connectivity index (χ2n) is 4.54. The summed E-state index contributed by atoms with van der Waals surface area (Å²) in [7, 11) is 0. The number of hydrogen-bond acceptors (Lipinski definition) is 3. The Morgan fingerprint density at radius 2 is 2.21 bits per heavy atom. The van der Waals surface area contributed by atoms with Crippen LogP contribution in [0.3, 0.4) is 0 Å². The van der Waals surface area contributed by atoms with Crippen LogP contribution in [0, 0.1) is 0 Å². The Hall–Kier alpha value is -2.43. The maximum Gasteiger partial charge on any atom is 0.262 e. The Morgan fingerprint density at radius 1 is 1.32 bits per heavy atom. The summed E-state index contributed by atoms with van der Waals surface area (Å²) in [5.74, 6) is 0.0158. The van der Waals surface area contributed by atoms with Crippen LogP contribution in [0.25, 0.3) is 0 Å². The quantitative estimate of drug-likeness (QED) is 0.854. The minimum Gasteiger partial charge on any atom is -0.325 e.